The molecule has 2 heterocycles. The number of hydrogen-bond acceptors (Lipinski definition) is 6. The summed E-state index contributed by atoms with van der Waals surface area (Å²) in [6, 6.07) is 9.51. The van der Waals surface area contributed by atoms with Gasteiger partial charge < -0.3 is 20.1 Å². The monoisotopic (exact) mass is 289 g/mol. The van der Waals surface area contributed by atoms with Gasteiger partial charge in [0.25, 0.3) is 0 Å². The molecule has 3 N–H and O–H groups in total. The third-order valence-corrected chi connectivity index (χ3v) is 4.06. The summed E-state index contributed by atoms with van der Waals surface area (Å²) < 4.78 is 10.7. The van der Waals surface area contributed by atoms with E-state index in [1.807, 2.05) is 18.2 Å². The van der Waals surface area contributed by atoms with E-state index in [2.05, 4.69) is 22.3 Å². The lowest BCUT2D eigenvalue weighted by molar-refractivity contribution is 0.0597. The van der Waals surface area contributed by atoms with E-state index in [4.69, 9.17) is 20.1 Å². The number of aromatic nitrogens is 2. The van der Waals surface area contributed by atoms with Gasteiger partial charge in [-0.1, -0.05) is 35.5 Å². The van der Waals surface area contributed by atoms with E-state index in [9.17, 15) is 0 Å². The maximum atomic E-state index is 9.12. The van der Waals surface area contributed by atoms with Crippen LogP contribution in [0.25, 0.3) is 0 Å². The molecule has 6 nitrogen and oxygen atoms in total. The van der Waals surface area contributed by atoms with Crippen molar-refractivity contribution in [3.05, 3.63) is 47.6 Å². The van der Waals surface area contributed by atoms with Crippen molar-refractivity contribution < 1.29 is 14.4 Å². The summed E-state index contributed by atoms with van der Waals surface area (Å²) in [4.78, 5) is 4.43. The van der Waals surface area contributed by atoms with E-state index in [1.54, 1.807) is 0 Å². The molecule has 112 valence electrons. The Morgan fingerprint density at radius 2 is 1.95 bits per heavy atom. The average molecular weight is 289 g/mol. The second kappa shape index (κ2) is 5.93. The van der Waals surface area contributed by atoms with Gasteiger partial charge in [0, 0.05) is 13.2 Å². The molecule has 1 fully saturated rings. The fraction of sp³-hybridized carbons (Fsp3) is 0.467. The summed E-state index contributed by atoms with van der Waals surface area (Å²) in [5, 5.41) is 13.2. The van der Waals surface area contributed by atoms with E-state index in [0.717, 1.165) is 18.4 Å². The van der Waals surface area contributed by atoms with Crippen LogP contribution < -0.4 is 5.73 Å². The lowest BCUT2D eigenvalue weighted by Crippen LogP contribution is -2.36. The van der Waals surface area contributed by atoms with Crippen molar-refractivity contribution in [1.82, 2.24) is 10.1 Å². The van der Waals surface area contributed by atoms with E-state index in [0.29, 0.717) is 19.0 Å². The topological polar surface area (TPSA) is 94.4 Å². The quantitative estimate of drug-likeness (QED) is 0.877. The molecular weight excluding hydrogens is 270 g/mol. The number of benzene rings is 1. The Bertz CT molecular complexity index is 579. The van der Waals surface area contributed by atoms with Crippen LogP contribution >= 0.6 is 0 Å². The molecule has 0 radical (unpaired) electrons. The van der Waals surface area contributed by atoms with Crippen molar-refractivity contribution in [3.8, 4) is 0 Å². The van der Waals surface area contributed by atoms with Crippen molar-refractivity contribution in [2.75, 3.05) is 19.8 Å². The average Bonchev–Trinajstić information content (AvgIpc) is 3.06. The number of rotatable bonds is 4. The summed E-state index contributed by atoms with van der Waals surface area (Å²) >= 11 is 0. The Labute approximate surface area is 122 Å². The zero-order valence-electron chi connectivity index (χ0n) is 11.7. The molecule has 1 unspecified atom stereocenters. The van der Waals surface area contributed by atoms with Crippen molar-refractivity contribution >= 4 is 0 Å². The van der Waals surface area contributed by atoms with Gasteiger partial charge in [-0.25, -0.2) is 0 Å². The van der Waals surface area contributed by atoms with Crippen LogP contribution in [-0.2, 0) is 10.2 Å². The molecule has 0 amide bonds. The number of aliphatic hydroxyl groups is 1. The van der Waals surface area contributed by atoms with Crippen molar-refractivity contribution in [1.29, 1.82) is 0 Å². The maximum absolute atomic E-state index is 9.12. The highest BCUT2D eigenvalue weighted by atomic mass is 16.5. The van der Waals surface area contributed by atoms with E-state index >= 15 is 0 Å². The van der Waals surface area contributed by atoms with Gasteiger partial charge >= 0.3 is 0 Å². The molecule has 0 spiro atoms. The fourth-order valence-corrected chi connectivity index (χ4v) is 2.78. The first-order valence-electron chi connectivity index (χ1n) is 7.10. The Balaban J connectivity index is 2.02. The Morgan fingerprint density at radius 3 is 2.62 bits per heavy atom. The summed E-state index contributed by atoms with van der Waals surface area (Å²) in [7, 11) is 0. The molecule has 0 aliphatic carbocycles. The second-order valence-corrected chi connectivity index (χ2v) is 5.31. The first-order chi connectivity index (χ1) is 10.3. The SMILES string of the molecule is NC(CO)c1nc(C2(c3ccccc3)CCOCC2)no1. The fourth-order valence-electron chi connectivity index (χ4n) is 2.78. The van der Waals surface area contributed by atoms with Crippen LogP contribution in [0.15, 0.2) is 34.9 Å². The molecule has 2 aromatic rings. The zero-order valence-corrected chi connectivity index (χ0v) is 11.7. The number of aliphatic hydroxyl groups excluding tert-OH is 1. The molecule has 6 heteroatoms. The molecule has 1 aromatic carbocycles. The van der Waals surface area contributed by atoms with Gasteiger partial charge in [-0.3, -0.25) is 0 Å². The van der Waals surface area contributed by atoms with Crippen LogP contribution in [0.4, 0.5) is 0 Å². The minimum absolute atomic E-state index is 0.219. The Morgan fingerprint density at radius 1 is 1.24 bits per heavy atom. The largest absolute Gasteiger partial charge is 0.394 e. The second-order valence-electron chi connectivity index (χ2n) is 5.31. The van der Waals surface area contributed by atoms with Gasteiger partial charge in [-0.05, 0) is 18.4 Å². The first kappa shape index (κ1) is 14.2. The van der Waals surface area contributed by atoms with Crippen LogP contribution in [0.5, 0.6) is 0 Å². The summed E-state index contributed by atoms with van der Waals surface area (Å²) in [6.45, 7) is 1.10. The van der Waals surface area contributed by atoms with Crippen LogP contribution in [0.2, 0.25) is 0 Å². The van der Waals surface area contributed by atoms with Crippen molar-refractivity contribution in [2.45, 2.75) is 24.3 Å². The highest BCUT2D eigenvalue weighted by Gasteiger charge is 2.40. The predicted octanol–water partition coefficient (Wildman–Crippen LogP) is 1.16. The summed E-state index contributed by atoms with van der Waals surface area (Å²) in [5.74, 6) is 0.894. The highest BCUT2D eigenvalue weighted by Crippen LogP contribution is 2.39. The maximum Gasteiger partial charge on any atom is 0.245 e. The highest BCUT2D eigenvalue weighted by molar-refractivity contribution is 5.33. The molecule has 0 bridgehead atoms. The first-order valence-corrected chi connectivity index (χ1v) is 7.10. The van der Waals surface area contributed by atoms with Gasteiger partial charge in [-0.15, -0.1) is 0 Å². The van der Waals surface area contributed by atoms with Gasteiger partial charge in [0.1, 0.15) is 6.04 Å². The lowest BCUT2D eigenvalue weighted by atomic mass is 9.73. The summed E-state index contributed by atoms with van der Waals surface area (Å²) in [6.07, 6.45) is 1.59. The molecule has 1 aliphatic rings. The van der Waals surface area contributed by atoms with E-state index in [1.165, 1.54) is 0 Å². The van der Waals surface area contributed by atoms with Crippen molar-refractivity contribution in [2.24, 2.45) is 5.73 Å². The molecule has 1 aromatic heterocycles. The van der Waals surface area contributed by atoms with Crippen LogP contribution in [0.3, 0.4) is 0 Å². The molecule has 0 saturated carbocycles. The number of hydrogen-bond donors (Lipinski definition) is 2. The van der Waals surface area contributed by atoms with Gasteiger partial charge in [0.2, 0.25) is 5.89 Å². The summed E-state index contributed by atoms with van der Waals surface area (Å²) in [5.41, 5.74) is 6.59. The van der Waals surface area contributed by atoms with Crippen LogP contribution in [0, 0.1) is 0 Å². The third-order valence-electron chi connectivity index (χ3n) is 4.06. The number of nitrogens with zero attached hydrogens (tertiary/aromatic N) is 2. The molecule has 1 atom stereocenters. The molecule has 1 aliphatic heterocycles. The number of ether oxygens (including phenoxy) is 1. The Hall–Kier alpha value is -1.76. The number of nitrogens with two attached hydrogens (primary N) is 1. The standard InChI is InChI=1S/C15H19N3O3/c16-12(10-19)13-17-14(18-21-13)15(6-8-20-9-7-15)11-4-2-1-3-5-11/h1-5,12,19H,6-10,16H2. The zero-order chi connectivity index (χ0) is 14.7. The minimum atomic E-state index is -0.640. The van der Waals surface area contributed by atoms with Crippen LogP contribution in [-0.4, -0.2) is 35.1 Å². The molecule has 21 heavy (non-hydrogen) atoms. The lowest BCUT2D eigenvalue weighted by Gasteiger charge is -2.34. The molecular formula is C15H19N3O3. The van der Waals surface area contributed by atoms with Gasteiger partial charge in [0.05, 0.1) is 12.0 Å². The van der Waals surface area contributed by atoms with E-state index < -0.39 is 6.04 Å². The van der Waals surface area contributed by atoms with E-state index in [-0.39, 0.29) is 17.9 Å². The van der Waals surface area contributed by atoms with Gasteiger partial charge in [-0.2, -0.15) is 4.98 Å². The third kappa shape index (κ3) is 2.57. The smallest absolute Gasteiger partial charge is 0.245 e. The van der Waals surface area contributed by atoms with Crippen molar-refractivity contribution in [3.63, 3.8) is 0 Å². The molecule has 3 rings (SSSR count). The normalized spacial score (nSPS) is 19.3. The Kier molecular flexibility index (Phi) is 4.01. The predicted molar refractivity (Wildman–Crippen MR) is 75.6 cm³/mol. The minimum Gasteiger partial charge on any atom is -0.394 e. The van der Waals surface area contributed by atoms with Gasteiger partial charge in [0.15, 0.2) is 5.82 Å². The van der Waals surface area contributed by atoms with Crippen LogP contribution in [0.1, 0.15) is 36.2 Å². The molecule has 1 saturated heterocycles.